The van der Waals surface area contributed by atoms with Gasteiger partial charge in [-0.2, -0.15) is 0 Å². The molecule has 0 aliphatic heterocycles. The van der Waals surface area contributed by atoms with Crippen LogP contribution < -0.4 is 5.32 Å². The lowest BCUT2D eigenvalue weighted by molar-refractivity contribution is 0.191. The molecule has 17 heavy (non-hydrogen) atoms. The Morgan fingerprint density at radius 1 is 1.29 bits per heavy atom. The van der Waals surface area contributed by atoms with Crippen molar-refractivity contribution in [3.05, 3.63) is 29.8 Å². The zero-order valence-electron chi connectivity index (χ0n) is 10.2. The smallest absolute Gasteiger partial charge is 0.178 e. The van der Waals surface area contributed by atoms with Crippen molar-refractivity contribution >= 4 is 9.84 Å². The number of sulfone groups is 1. The minimum absolute atomic E-state index is 0.118. The molecular formula is C12H19NO3S. The zero-order valence-corrected chi connectivity index (χ0v) is 11.0. The first-order valence-electron chi connectivity index (χ1n) is 5.66. The van der Waals surface area contributed by atoms with Crippen LogP contribution in [0.1, 0.15) is 19.4 Å². The first kappa shape index (κ1) is 14.2. The second kappa shape index (κ2) is 6.14. The molecule has 1 atom stereocenters. The van der Waals surface area contributed by atoms with Gasteiger partial charge in [-0.25, -0.2) is 8.42 Å². The molecule has 1 unspecified atom stereocenters. The van der Waals surface area contributed by atoms with Gasteiger partial charge < -0.3 is 10.4 Å². The third-order valence-electron chi connectivity index (χ3n) is 2.43. The molecule has 1 aromatic rings. The van der Waals surface area contributed by atoms with Crippen LogP contribution in [0.25, 0.3) is 0 Å². The summed E-state index contributed by atoms with van der Waals surface area (Å²) in [7, 11) is -3.11. The van der Waals surface area contributed by atoms with Gasteiger partial charge in [0.05, 0.1) is 16.8 Å². The Kier molecular flexibility index (Phi) is 5.11. The maximum atomic E-state index is 11.6. The van der Waals surface area contributed by atoms with E-state index in [2.05, 4.69) is 5.32 Å². The quantitative estimate of drug-likeness (QED) is 0.796. The summed E-state index contributed by atoms with van der Waals surface area (Å²) in [5.74, 6) is 0.118. The lowest BCUT2D eigenvalue weighted by Crippen LogP contribution is -2.23. The van der Waals surface area contributed by atoms with Crippen LogP contribution in [0.3, 0.4) is 0 Å². The molecule has 4 nitrogen and oxygen atoms in total. The number of benzene rings is 1. The van der Waals surface area contributed by atoms with Crippen LogP contribution in [0.15, 0.2) is 29.2 Å². The first-order chi connectivity index (χ1) is 7.95. The molecule has 0 aromatic heterocycles. The Balaban J connectivity index is 2.63. The van der Waals surface area contributed by atoms with E-state index in [-0.39, 0.29) is 11.9 Å². The maximum Gasteiger partial charge on any atom is 0.178 e. The summed E-state index contributed by atoms with van der Waals surface area (Å²) in [6.07, 6.45) is -0.380. The van der Waals surface area contributed by atoms with E-state index < -0.39 is 9.84 Å². The monoisotopic (exact) mass is 257 g/mol. The van der Waals surface area contributed by atoms with Crippen molar-refractivity contribution in [2.75, 3.05) is 12.3 Å². The van der Waals surface area contributed by atoms with Crippen molar-refractivity contribution in [3.8, 4) is 0 Å². The Hall–Kier alpha value is -0.910. The van der Waals surface area contributed by atoms with Crippen LogP contribution in [-0.4, -0.2) is 31.9 Å². The summed E-state index contributed by atoms with van der Waals surface area (Å²) in [5, 5.41) is 12.1. The van der Waals surface area contributed by atoms with Crippen molar-refractivity contribution < 1.29 is 13.5 Å². The highest BCUT2D eigenvalue weighted by Crippen LogP contribution is 2.12. The highest BCUT2D eigenvalue weighted by molar-refractivity contribution is 7.91. The van der Waals surface area contributed by atoms with E-state index in [1.165, 1.54) is 0 Å². The van der Waals surface area contributed by atoms with Crippen molar-refractivity contribution in [2.24, 2.45) is 0 Å². The average Bonchev–Trinajstić information content (AvgIpc) is 2.29. The van der Waals surface area contributed by atoms with Gasteiger partial charge in [0.1, 0.15) is 0 Å². The van der Waals surface area contributed by atoms with Gasteiger partial charge in [-0.1, -0.05) is 19.1 Å². The summed E-state index contributed by atoms with van der Waals surface area (Å²) in [6, 6.07) is 6.83. The van der Waals surface area contributed by atoms with Gasteiger partial charge in [0.25, 0.3) is 0 Å². The zero-order chi connectivity index (χ0) is 12.9. The molecule has 2 N–H and O–H groups in total. The van der Waals surface area contributed by atoms with E-state index in [4.69, 9.17) is 5.11 Å². The second-order valence-electron chi connectivity index (χ2n) is 4.03. The van der Waals surface area contributed by atoms with Crippen LogP contribution in [0.4, 0.5) is 0 Å². The predicted octanol–water partition coefficient (Wildman–Crippen LogP) is 0.951. The van der Waals surface area contributed by atoms with Gasteiger partial charge in [-0.15, -0.1) is 0 Å². The van der Waals surface area contributed by atoms with E-state index in [1.807, 2.05) is 0 Å². The molecule has 0 aliphatic carbocycles. The number of hydrogen-bond donors (Lipinski definition) is 2. The molecule has 0 saturated carbocycles. The topological polar surface area (TPSA) is 66.4 Å². The molecule has 5 heteroatoms. The minimum Gasteiger partial charge on any atom is -0.392 e. The fourth-order valence-electron chi connectivity index (χ4n) is 1.41. The van der Waals surface area contributed by atoms with Crippen molar-refractivity contribution in [2.45, 2.75) is 31.4 Å². The summed E-state index contributed by atoms with van der Waals surface area (Å²) < 4.78 is 23.1. The van der Waals surface area contributed by atoms with Crippen LogP contribution >= 0.6 is 0 Å². The largest absolute Gasteiger partial charge is 0.392 e. The first-order valence-corrected chi connectivity index (χ1v) is 7.31. The summed E-state index contributed by atoms with van der Waals surface area (Å²) in [4.78, 5) is 0.360. The molecule has 0 saturated heterocycles. The molecule has 0 bridgehead atoms. The fourth-order valence-corrected chi connectivity index (χ4v) is 2.29. The molecule has 0 radical (unpaired) electrons. The normalized spacial score (nSPS) is 13.6. The Morgan fingerprint density at radius 3 is 2.35 bits per heavy atom. The molecule has 0 fully saturated rings. The highest BCUT2D eigenvalue weighted by Gasteiger charge is 2.10. The van der Waals surface area contributed by atoms with Gasteiger partial charge in [0.15, 0.2) is 9.84 Å². The summed E-state index contributed by atoms with van der Waals surface area (Å²) in [6.45, 7) is 4.49. The van der Waals surface area contributed by atoms with E-state index in [0.29, 0.717) is 18.0 Å². The number of rotatable bonds is 6. The lowest BCUT2D eigenvalue weighted by Gasteiger charge is -2.07. The van der Waals surface area contributed by atoms with E-state index in [1.54, 1.807) is 38.1 Å². The number of aliphatic hydroxyl groups excluding tert-OH is 1. The maximum absolute atomic E-state index is 11.6. The Morgan fingerprint density at radius 2 is 1.88 bits per heavy atom. The minimum atomic E-state index is -3.11. The molecule has 0 aliphatic rings. The molecule has 96 valence electrons. The average molecular weight is 257 g/mol. The fraction of sp³-hybridized carbons (Fsp3) is 0.500. The van der Waals surface area contributed by atoms with E-state index in [9.17, 15) is 8.42 Å². The van der Waals surface area contributed by atoms with E-state index >= 15 is 0 Å². The van der Waals surface area contributed by atoms with Crippen LogP contribution in [-0.2, 0) is 16.4 Å². The molecule has 1 aromatic carbocycles. The molecule has 0 heterocycles. The van der Waals surface area contributed by atoms with Gasteiger partial charge in [0.2, 0.25) is 0 Å². The van der Waals surface area contributed by atoms with E-state index in [0.717, 1.165) is 5.56 Å². The SMILES string of the molecule is CCS(=O)(=O)c1ccc(CNCC(C)O)cc1. The molecular weight excluding hydrogens is 238 g/mol. The summed E-state index contributed by atoms with van der Waals surface area (Å²) >= 11 is 0. The third kappa shape index (κ3) is 4.46. The number of aliphatic hydroxyl groups is 1. The van der Waals surface area contributed by atoms with Crippen molar-refractivity contribution in [3.63, 3.8) is 0 Å². The van der Waals surface area contributed by atoms with Crippen LogP contribution in [0.2, 0.25) is 0 Å². The van der Waals surface area contributed by atoms with Crippen LogP contribution in [0.5, 0.6) is 0 Å². The standard InChI is InChI=1S/C12H19NO3S/c1-3-17(15,16)12-6-4-11(5-7-12)9-13-8-10(2)14/h4-7,10,13-14H,3,8-9H2,1-2H3. The molecule has 0 amide bonds. The Labute approximate surface area is 103 Å². The predicted molar refractivity (Wildman–Crippen MR) is 67.6 cm³/mol. The van der Waals surface area contributed by atoms with Crippen LogP contribution in [0, 0.1) is 0 Å². The van der Waals surface area contributed by atoms with Gasteiger partial charge in [-0.3, -0.25) is 0 Å². The van der Waals surface area contributed by atoms with Gasteiger partial charge >= 0.3 is 0 Å². The number of hydrogen-bond acceptors (Lipinski definition) is 4. The van der Waals surface area contributed by atoms with Gasteiger partial charge in [-0.05, 0) is 24.6 Å². The lowest BCUT2D eigenvalue weighted by atomic mass is 10.2. The second-order valence-corrected chi connectivity index (χ2v) is 6.31. The molecule has 0 spiro atoms. The highest BCUT2D eigenvalue weighted by atomic mass is 32.2. The molecule has 1 rings (SSSR count). The third-order valence-corrected chi connectivity index (χ3v) is 4.18. The van der Waals surface area contributed by atoms with Crippen molar-refractivity contribution in [1.29, 1.82) is 0 Å². The van der Waals surface area contributed by atoms with Gasteiger partial charge in [0, 0.05) is 13.1 Å². The Bertz CT molecular complexity index is 437. The van der Waals surface area contributed by atoms with Crippen molar-refractivity contribution in [1.82, 2.24) is 5.32 Å². The summed E-state index contributed by atoms with van der Waals surface area (Å²) in [5.41, 5.74) is 1.00. The number of nitrogens with one attached hydrogen (secondary N) is 1.